The summed E-state index contributed by atoms with van der Waals surface area (Å²) < 4.78 is 18.6. The average molecular weight is 295 g/mol. The minimum absolute atomic E-state index is 0.259. The van der Waals surface area contributed by atoms with Gasteiger partial charge in [0.2, 0.25) is 0 Å². The fraction of sp³-hybridized carbons (Fsp3) is 0.562. The molecule has 0 fully saturated rings. The maximum absolute atomic E-state index is 13.6. The summed E-state index contributed by atoms with van der Waals surface area (Å²) in [5.41, 5.74) is 0.826. The third kappa shape index (κ3) is 5.61. The van der Waals surface area contributed by atoms with Crippen LogP contribution < -0.4 is 10.1 Å². The van der Waals surface area contributed by atoms with Crippen LogP contribution >= 0.6 is 0 Å². The minimum atomic E-state index is -0.352. The van der Waals surface area contributed by atoms with Crippen LogP contribution in [0.1, 0.15) is 32.3 Å². The number of benzene rings is 1. The van der Waals surface area contributed by atoms with Gasteiger partial charge in [-0.1, -0.05) is 19.4 Å². The van der Waals surface area contributed by atoms with Gasteiger partial charge in [-0.15, -0.1) is 0 Å². The molecular formula is C16H26FN3O. The van der Waals surface area contributed by atoms with Crippen molar-refractivity contribution in [3.05, 3.63) is 29.6 Å². The van der Waals surface area contributed by atoms with Crippen molar-refractivity contribution in [2.24, 2.45) is 4.99 Å². The molecular weight excluding hydrogens is 269 g/mol. The average Bonchev–Trinajstić information content (AvgIpc) is 2.49. The summed E-state index contributed by atoms with van der Waals surface area (Å²) in [5, 5.41) is 3.26. The van der Waals surface area contributed by atoms with Gasteiger partial charge in [-0.25, -0.2) is 9.38 Å². The van der Waals surface area contributed by atoms with E-state index in [2.05, 4.69) is 22.1 Å². The summed E-state index contributed by atoms with van der Waals surface area (Å²) in [4.78, 5) is 6.66. The number of hydrogen-bond donors (Lipinski definition) is 1. The van der Waals surface area contributed by atoms with E-state index in [-0.39, 0.29) is 11.6 Å². The lowest BCUT2D eigenvalue weighted by atomic mass is 10.2. The Hall–Kier alpha value is -1.78. The number of guanidine groups is 1. The number of unbranched alkanes of at least 4 members (excludes halogenated alkanes) is 1. The lowest BCUT2D eigenvalue weighted by molar-refractivity contribution is 0.386. The van der Waals surface area contributed by atoms with E-state index in [0.717, 1.165) is 37.5 Å². The molecule has 5 heteroatoms. The summed E-state index contributed by atoms with van der Waals surface area (Å²) in [5.74, 6) is 0.756. The number of ether oxygens (including phenoxy) is 1. The van der Waals surface area contributed by atoms with Crippen LogP contribution in [0.25, 0.3) is 0 Å². The Morgan fingerprint density at radius 2 is 2.14 bits per heavy atom. The van der Waals surface area contributed by atoms with Crippen molar-refractivity contribution in [2.45, 2.75) is 33.2 Å². The topological polar surface area (TPSA) is 36.9 Å². The van der Waals surface area contributed by atoms with E-state index >= 15 is 0 Å². The Bertz CT molecular complexity index is 463. The first-order chi connectivity index (χ1) is 10.1. The zero-order valence-corrected chi connectivity index (χ0v) is 13.4. The SMILES string of the molecule is CCCCN(C)C(=NCc1ccc(OC)c(F)c1)NCC. The highest BCUT2D eigenvalue weighted by Gasteiger charge is 2.06. The molecule has 1 N–H and O–H groups in total. The predicted molar refractivity (Wildman–Crippen MR) is 85.3 cm³/mol. The normalized spacial score (nSPS) is 11.4. The van der Waals surface area contributed by atoms with Crippen molar-refractivity contribution in [3.63, 3.8) is 0 Å². The second kappa shape index (κ2) is 9.21. The second-order valence-electron chi connectivity index (χ2n) is 4.91. The molecule has 1 rings (SSSR count). The van der Waals surface area contributed by atoms with Crippen molar-refractivity contribution < 1.29 is 9.13 Å². The zero-order chi connectivity index (χ0) is 15.7. The highest BCUT2D eigenvalue weighted by atomic mass is 19.1. The molecule has 1 aromatic rings. The fourth-order valence-electron chi connectivity index (χ4n) is 1.95. The quantitative estimate of drug-likeness (QED) is 0.620. The van der Waals surface area contributed by atoms with Gasteiger partial charge in [0.1, 0.15) is 0 Å². The molecule has 0 aliphatic carbocycles. The fourth-order valence-corrected chi connectivity index (χ4v) is 1.95. The smallest absolute Gasteiger partial charge is 0.193 e. The Kier molecular flexibility index (Phi) is 7.58. The molecule has 0 aliphatic heterocycles. The molecule has 0 aliphatic rings. The molecule has 0 radical (unpaired) electrons. The molecule has 4 nitrogen and oxygen atoms in total. The molecule has 0 bridgehead atoms. The third-order valence-electron chi connectivity index (χ3n) is 3.17. The number of nitrogens with one attached hydrogen (secondary N) is 1. The lowest BCUT2D eigenvalue weighted by Gasteiger charge is -2.21. The van der Waals surface area contributed by atoms with Crippen LogP contribution in [0.5, 0.6) is 5.75 Å². The Morgan fingerprint density at radius 1 is 1.38 bits per heavy atom. The largest absolute Gasteiger partial charge is 0.494 e. The number of aliphatic imine (C=N–C) groups is 1. The van der Waals surface area contributed by atoms with E-state index in [4.69, 9.17) is 4.74 Å². The van der Waals surface area contributed by atoms with Crippen molar-refractivity contribution in [1.29, 1.82) is 0 Å². The first kappa shape index (κ1) is 17.3. The highest BCUT2D eigenvalue weighted by molar-refractivity contribution is 5.79. The van der Waals surface area contributed by atoms with E-state index in [0.29, 0.717) is 6.54 Å². The van der Waals surface area contributed by atoms with Gasteiger partial charge in [-0.2, -0.15) is 0 Å². The summed E-state index contributed by atoms with van der Waals surface area (Å²) in [7, 11) is 3.48. The first-order valence-electron chi connectivity index (χ1n) is 7.44. The number of rotatable bonds is 7. The number of hydrogen-bond acceptors (Lipinski definition) is 2. The van der Waals surface area contributed by atoms with Gasteiger partial charge in [0.05, 0.1) is 13.7 Å². The van der Waals surface area contributed by atoms with Gasteiger partial charge in [0, 0.05) is 20.1 Å². The molecule has 0 saturated carbocycles. The minimum Gasteiger partial charge on any atom is -0.494 e. The summed E-state index contributed by atoms with van der Waals surface area (Å²) in [6, 6.07) is 4.94. The molecule has 0 heterocycles. The van der Waals surface area contributed by atoms with Crippen LogP contribution in [-0.2, 0) is 6.54 Å². The van der Waals surface area contributed by atoms with Crippen LogP contribution in [0, 0.1) is 5.82 Å². The van der Waals surface area contributed by atoms with E-state index in [1.54, 1.807) is 6.07 Å². The number of methoxy groups -OCH3 is 1. The van der Waals surface area contributed by atoms with E-state index in [9.17, 15) is 4.39 Å². The Morgan fingerprint density at radius 3 is 2.71 bits per heavy atom. The van der Waals surface area contributed by atoms with Crippen LogP contribution in [0.2, 0.25) is 0 Å². The Labute approximate surface area is 127 Å². The summed E-state index contributed by atoms with van der Waals surface area (Å²) in [6.07, 6.45) is 2.27. The first-order valence-corrected chi connectivity index (χ1v) is 7.44. The van der Waals surface area contributed by atoms with Crippen molar-refractivity contribution >= 4 is 5.96 Å². The predicted octanol–water partition coefficient (Wildman–Crippen LogP) is 3.03. The van der Waals surface area contributed by atoms with Gasteiger partial charge in [-0.05, 0) is 31.0 Å². The monoisotopic (exact) mass is 295 g/mol. The molecule has 0 atom stereocenters. The highest BCUT2D eigenvalue weighted by Crippen LogP contribution is 2.18. The van der Waals surface area contributed by atoms with Crippen LogP contribution in [0.3, 0.4) is 0 Å². The Balaban J connectivity index is 2.75. The molecule has 118 valence electrons. The van der Waals surface area contributed by atoms with Crippen LogP contribution in [0.4, 0.5) is 4.39 Å². The maximum atomic E-state index is 13.6. The molecule has 1 aromatic carbocycles. The van der Waals surface area contributed by atoms with Crippen molar-refractivity contribution in [1.82, 2.24) is 10.2 Å². The number of halogens is 1. The van der Waals surface area contributed by atoms with E-state index < -0.39 is 0 Å². The molecule has 0 unspecified atom stereocenters. The van der Waals surface area contributed by atoms with Gasteiger partial charge in [-0.3, -0.25) is 0 Å². The summed E-state index contributed by atoms with van der Waals surface area (Å²) in [6.45, 7) is 6.42. The van der Waals surface area contributed by atoms with Gasteiger partial charge >= 0.3 is 0 Å². The third-order valence-corrected chi connectivity index (χ3v) is 3.17. The van der Waals surface area contributed by atoms with E-state index in [1.807, 2.05) is 20.0 Å². The van der Waals surface area contributed by atoms with Crippen LogP contribution in [-0.4, -0.2) is 38.1 Å². The van der Waals surface area contributed by atoms with Crippen molar-refractivity contribution in [2.75, 3.05) is 27.2 Å². The molecule has 21 heavy (non-hydrogen) atoms. The molecule has 0 spiro atoms. The second-order valence-corrected chi connectivity index (χ2v) is 4.91. The number of nitrogens with zero attached hydrogens (tertiary/aromatic N) is 2. The standard InChI is InChI=1S/C16H26FN3O/c1-5-7-10-20(3)16(18-6-2)19-12-13-8-9-15(21-4)14(17)11-13/h8-9,11H,5-7,10,12H2,1-4H3,(H,18,19). The maximum Gasteiger partial charge on any atom is 0.193 e. The van der Waals surface area contributed by atoms with Crippen molar-refractivity contribution in [3.8, 4) is 5.75 Å². The van der Waals surface area contributed by atoms with E-state index in [1.165, 1.54) is 13.2 Å². The summed E-state index contributed by atoms with van der Waals surface area (Å²) >= 11 is 0. The molecule has 0 aromatic heterocycles. The lowest BCUT2D eigenvalue weighted by Crippen LogP contribution is -2.39. The van der Waals surface area contributed by atoms with Gasteiger partial charge < -0.3 is 15.0 Å². The molecule has 0 saturated heterocycles. The van der Waals surface area contributed by atoms with Gasteiger partial charge in [0.15, 0.2) is 17.5 Å². The van der Waals surface area contributed by atoms with Gasteiger partial charge in [0.25, 0.3) is 0 Å². The molecule has 0 amide bonds. The zero-order valence-electron chi connectivity index (χ0n) is 13.4. The van der Waals surface area contributed by atoms with Crippen LogP contribution in [0.15, 0.2) is 23.2 Å².